The third kappa shape index (κ3) is 4.22. The van der Waals surface area contributed by atoms with Gasteiger partial charge < -0.3 is 14.8 Å². The zero-order valence-electron chi connectivity index (χ0n) is 14.0. The van der Waals surface area contributed by atoms with Gasteiger partial charge in [0.25, 0.3) is 0 Å². The van der Waals surface area contributed by atoms with E-state index in [0.29, 0.717) is 30.2 Å². The fraction of sp³-hybridized carbons (Fsp3) is 0.333. The maximum Gasteiger partial charge on any atom is 0.339 e. The molecule has 1 N–H and O–H groups in total. The van der Waals surface area contributed by atoms with Crippen LogP contribution in [-0.2, 0) is 11.3 Å². The molecule has 0 atom stereocenters. The Balaban J connectivity index is 2.12. The second-order valence-corrected chi connectivity index (χ2v) is 5.22. The van der Waals surface area contributed by atoms with Crippen LogP contribution in [0.1, 0.15) is 34.1 Å². The predicted molar refractivity (Wildman–Crippen MR) is 90.0 cm³/mol. The van der Waals surface area contributed by atoms with Crippen LogP contribution in [-0.4, -0.2) is 24.7 Å². The van der Waals surface area contributed by atoms with E-state index in [1.54, 1.807) is 19.1 Å². The lowest BCUT2D eigenvalue weighted by atomic mass is 10.1. The summed E-state index contributed by atoms with van der Waals surface area (Å²) < 4.78 is 10.4. The summed E-state index contributed by atoms with van der Waals surface area (Å²) in [6.07, 6.45) is 0. The normalized spacial score (nSPS) is 10.3. The van der Waals surface area contributed by atoms with Crippen molar-refractivity contribution >= 4 is 11.8 Å². The molecule has 5 heteroatoms. The number of pyridine rings is 1. The maximum absolute atomic E-state index is 11.6. The van der Waals surface area contributed by atoms with Gasteiger partial charge in [-0.15, -0.1) is 0 Å². The van der Waals surface area contributed by atoms with Crippen LogP contribution in [0.15, 0.2) is 30.3 Å². The van der Waals surface area contributed by atoms with Crippen molar-refractivity contribution in [2.45, 2.75) is 27.3 Å². The molecule has 1 heterocycles. The van der Waals surface area contributed by atoms with E-state index < -0.39 is 0 Å². The van der Waals surface area contributed by atoms with E-state index in [9.17, 15) is 4.79 Å². The number of benzene rings is 1. The minimum atomic E-state index is -0.376. The fourth-order valence-corrected chi connectivity index (χ4v) is 2.27. The lowest BCUT2D eigenvalue weighted by Crippen LogP contribution is -2.08. The molecule has 0 aliphatic heterocycles. The monoisotopic (exact) mass is 314 g/mol. The molecule has 0 spiro atoms. The molecule has 23 heavy (non-hydrogen) atoms. The topological polar surface area (TPSA) is 60.5 Å². The highest BCUT2D eigenvalue weighted by molar-refractivity contribution is 5.90. The Morgan fingerprint density at radius 1 is 1.22 bits per heavy atom. The van der Waals surface area contributed by atoms with Crippen molar-refractivity contribution in [2.75, 3.05) is 19.0 Å². The van der Waals surface area contributed by atoms with Gasteiger partial charge in [0.1, 0.15) is 11.6 Å². The van der Waals surface area contributed by atoms with Crippen LogP contribution in [0.5, 0.6) is 5.75 Å². The number of rotatable bonds is 6. The number of nitrogens with one attached hydrogen (secondary N) is 1. The van der Waals surface area contributed by atoms with E-state index in [2.05, 4.69) is 16.4 Å². The molecule has 0 saturated carbocycles. The number of methoxy groups -OCH3 is 1. The Kier molecular flexibility index (Phi) is 5.57. The van der Waals surface area contributed by atoms with Crippen LogP contribution in [0.3, 0.4) is 0 Å². The largest absolute Gasteiger partial charge is 0.494 e. The third-order valence-electron chi connectivity index (χ3n) is 3.47. The number of carbonyl (C=O) groups excluding carboxylic acids is 1. The standard InChI is InChI=1S/C18H22N2O3/c1-5-23-16-10-12(2)6-7-14(16)11-19-17-9-8-15(13(3)20-17)18(21)22-4/h6-10H,5,11H2,1-4H3,(H,19,20). The molecular weight excluding hydrogens is 292 g/mol. The summed E-state index contributed by atoms with van der Waals surface area (Å²) in [6, 6.07) is 9.62. The van der Waals surface area contributed by atoms with Crippen molar-refractivity contribution in [2.24, 2.45) is 0 Å². The third-order valence-corrected chi connectivity index (χ3v) is 3.47. The lowest BCUT2D eigenvalue weighted by Gasteiger charge is -2.13. The molecule has 0 aliphatic rings. The minimum absolute atomic E-state index is 0.376. The highest BCUT2D eigenvalue weighted by atomic mass is 16.5. The minimum Gasteiger partial charge on any atom is -0.494 e. The zero-order chi connectivity index (χ0) is 16.8. The van der Waals surface area contributed by atoms with Crippen molar-refractivity contribution in [1.82, 2.24) is 4.98 Å². The fourth-order valence-electron chi connectivity index (χ4n) is 2.27. The molecule has 0 fully saturated rings. The number of hydrogen-bond donors (Lipinski definition) is 1. The lowest BCUT2D eigenvalue weighted by molar-refractivity contribution is 0.0599. The first kappa shape index (κ1) is 16.8. The van der Waals surface area contributed by atoms with Gasteiger partial charge in [0.05, 0.1) is 25.0 Å². The number of ether oxygens (including phenoxy) is 2. The summed E-state index contributed by atoms with van der Waals surface area (Å²) in [7, 11) is 1.36. The summed E-state index contributed by atoms with van der Waals surface area (Å²) in [5, 5.41) is 3.26. The summed E-state index contributed by atoms with van der Waals surface area (Å²) in [5.74, 6) is 1.21. The van der Waals surface area contributed by atoms with Gasteiger partial charge in [-0.1, -0.05) is 12.1 Å². The van der Waals surface area contributed by atoms with Crippen LogP contribution in [0.2, 0.25) is 0 Å². The average Bonchev–Trinajstić information content (AvgIpc) is 2.54. The van der Waals surface area contributed by atoms with E-state index >= 15 is 0 Å². The quantitative estimate of drug-likeness (QED) is 0.827. The van der Waals surface area contributed by atoms with Gasteiger partial charge in [0, 0.05) is 12.1 Å². The Morgan fingerprint density at radius 2 is 2.00 bits per heavy atom. The molecule has 2 aromatic rings. The number of anilines is 1. The van der Waals surface area contributed by atoms with Gasteiger partial charge >= 0.3 is 5.97 Å². The second-order valence-electron chi connectivity index (χ2n) is 5.22. The van der Waals surface area contributed by atoms with Gasteiger partial charge in [0.15, 0.2) is 0 Å². The Labute approximate surface area is 136 Å². The molecule has 2 rings (SSSR count). The molecule has 0 aliphatic carbocycles. The summed E-state index contributed by atoms with van der Waals surface area (Å²) in [5.41, 5.74) is 3.33. The van der Waals surface area contributed by atoms with Crippen LogP contribution in [0.25, 0.3) is 0 Å². The van der Waals surface area contributed by atoms with E-state index in [-0.39, 0.29) is 5.97 Å². The molecule has 0 bridgehead atoms. The molecule has 0 saturated heterocycles. The van der Waals surface area contributed by atoms with E-state index in [1.165, 1.54) is 7.11 Å². The SMILES string of the molecule is CCOc1cc(C)ccc1CNc1ccc(C(=O)OC)c(C)n1. The van der Waals surface area contributed by atoms with Crippen LogP contribution in [0, 0.1) is 13.8 Å². The van der Waals surface area contributed by atoms with E-state index in [4.69, 9.17) is 9.47 Å². The highest BCUT2D eigenvalue weighted by Crippen LogP contribution is 2.22. The van der Waals surface area contributed by atoms with Gasteiger partial charge in [-0.05, 0) is 44.5 Å². The highest BCUT2D eigenvalue weighted by Gasteiger charge is 2.11. The Hall–Kier alpha value is -2.56. The molecule has 0 unspecified atom stereocenters. The first-order valence-corrected chi connectivity index (χ1v) is 7.57. The van der Waals surface area contributed by atoms with Gasteiger partial charge in [-0.25, -0.2) is 9.78 Å². The second kappa shape index (κ2) is 7.63. The van der Waals surface area contributed by atoms with Crippen molar-refractivity contribution in [3.05, 3.63) is 52.7 Å². The summed E-state index contributed by atoms with van der Waals surface area (Å²) in [4.78, 5) is 16.0. The first-order chi connectivity index (χ1) is 11.0. The smallest absolute Gasteiger partial charge is 0.339 e. The Bertz CT molecular complexity index is 699. The predicted octanol–water partition coefficient (Wildman–Crippen LogP) is 3.50. The van der Waals surface area contributed by atoms with Gasteiger partial charge in [-0.3, -0.25) is 0 Å². The van der Waals surface area contributed by atoms with Gasteiger partial charge in [0.2, 0.25) is 0 Å². The summed E-state index contributed by atoms with van der Waals surface area (Å²) in [6.45, 7) is 7.02. The number of aromatic nitrogens is 1. The molecule has 0 amide bonds. The number of esters is 1. The average molecular weight is 314 g/mol. The molecule has 5 nitrogen and oxygen atoms in total. The summed E-state index contributed by atoms with van der Waals surface area (Å²) >= 11 is 0. The maximum atomic E-state index is 11.6. The molecule has 122 valence electrons. The Morgan fingerprint density at radius 3 is 2.65 bits per heavy atom. The van der Waals surface area contributed by atoms with Crippen molar-refractivity contribution < 1.29 is 14.3 Å². The van der Waals surface area contributed by atoms with Crippen LogP contribution in [0.4, 0.5) is 5.82 Å². The molecule has 1 aromatic heterocycles. The van der Waals surface area contributed by atoms with Crippen molar-refractivity contribution in [1.29, 1.82) is 0 Å². The first-order valence-electron chi connectivity index (χ1n) is 7.57. The number of hydrogen-bond acceptors (Lipinski definition) is 5. The van der Waals surface area contributed by atoms with E-state index in [0.717, 1.165) is 16.9 Å². The van der Waals surface area contributed by atoms with Crippen LogP contribution < -0.4 is 10.1 Å². The zero-order valence-corrected chi connectivity index (χ0v) is 14.0. The molecular formula is C18H22N2O3. The number of carbonyl (C=O) groups is 1. The van der Waals surface area contributed by atoms with Crippen molar-refractivity contribution in [3.8, 4) is 5.75 Å². The number of aryl methyl sites for hydroxylation is 2. The van der Waals surface area contributed by atoms with Gasteiger partial charge in [-0.2, -0.15) is 0 Å². The molecule has 1 aromatic carbocycles. The van der Waals surface area contributed by atoms with E-state index in [1.807, 2.05) is 26.0 Å². The number of nitrogens with zero attached hydrogens (tertiary/aromatic N) is 1. The molecule has 0 radical (unpaired) electrons. The van der Waals surface area contributed by atoms with Crippen molar-refractivity contribution in [3.63, 3.8) is 0 Å². The van der Waals surface area contributed by atoms with Crippen LogP contribution >= 0.6 is 0 Å².